The van der Waals surface area contributed by atoms with E-state index in [2.05, 4.69) is 25.0 Å². The van der Waals surface area contributed by atoms with E-state index in [1.165, 1.54) is 11.8 Å². The van der Waals surface area contributed by atoms with Gasteiger partial charge in [-0.05, 0) is 31.8 Å². The van der Waals surface area contributed by atoms with Crippen molar-refractivity contribution in [3.63, 3.8) is 0 Å². The second-order valence-corrected chi connectivity index (χ2v) is 4.52. The van der Waals surface area contributed by atoms with Gasteiger partial charge in [0.1, 0.15) is 0 Å². The third-order valence-electron chi connectivity index (χ3n) is 1.46. The molecule has 0 nitrogen and oxygen atoms in total. The van der Waals surface area contributed by atoms with Crippen molar-refractivity contribution in [3.05, 3.63) is 58.9 Å². The molecule has 0 fully saturated rings. The fraction of sp³-hybridized carbons (Fsp3) is 0.200. The van der Waals surface area contributed by atoms with Crippen LogP contribution in [0.3, 0.4) is 0 Å². The van der Waals surface area contributed by atoms with Crippen molar-refractivity contribution in [2.45, 2.75) is 20.8 Å². The summed E-state index contributed by atoms with van der Waals surface area (Å²) in [5.41, 5.74) is 0.976. The highest BCUT2D eigenvalue weighted by Gasteiger charge is 1.89. The third-order valence-corrected chi connectivity index (χ3v) is 2.16. The Balaban J connectivity index is 4.69. The quantitative estimate of drug-likeness (QED) is 0.491. The zero-order valence-corrected chi connectivity index (χ0v) is 11.0. The lowest BCUT2D eigenvalue weighted by molar-refractivity contribution is 1.65. The summed E-state index contributed by atoms with van der Waals surface area (Å²) in [4.78, 5) is 1.83. The van der Waals surface area contributed by atoms with Crippen LogP contribution in [0.1, 0.15) is 20.8 Å². The molecule has 0 heterocycles. The minimum Gasteiger partial charge on any atom is -0.0894 e. The molecule has 84 valence electrons. The Morgan fingerprint density at radius 1 is 1.12 bits per heavy atom. The number of hydrogen-bond donors (Lipinski definition) is 0. The van der Waals surface area contributed by atoms with Gasteiger partial charge in [0.25, 0.3) is 0 Å². The second kappa shape index (κ2) is 8.88. The highest BCUT2D eigenvalue weighted by atomic mass is 32.2. The Kier molecular flexibility index (Phi) is 8.11. The van der Waals surface area contributed by atoms with Crippen LogP contribution in [0.4, 0.5) is 0 Å². The first-order valence-electron chi connectivity index (χ1n) is 5.10. The summed E-state index contributed by atoms with van der Waals surface area (Å²) < 4.78 is 0. The molecule has 1 heteroatoms. The van der Waals surface area contributed by atoms with Crippen LogP contribution in [0.2, 0.25) is 0 Å². The van der Waals surface area contributed by atoms with Gasteiger partial charge in [-0.3, -0.25) is 0 Å². The van der Waals surface area contributed by atoms with Gasteiger partial charge in [0.15, 0.2) is 0 Å². The van der Waals surface area contributed by atoms with Crippen LogP contribution in [0.25, 0.3) is 0 Å². The van der Waals surface area contributed by atoms with Gasteiger partial charge in [0.05, 0.1) is 4.91 Å². The molecule has 0 aliphatic heterocycles. The van der Waals surface area contributed by atoms with Gasteiger partial charge in [-0.2, -0.15) is 0 Å². The van der Waals surface area contributed by atoms with Gasteiger partial charge in [-0.25, -0.2) is 0 Å². The fourth-order valence-corrected chi connectivity index (χ4v) is 1.42. The van der Waals surface area contributed by atoms with Crippen LogP contribution in [0, 0.1) is 11.8 Å². The van der Waals surface area contributed by atoms with Crippen LogP contribution in [-0.4, -0.2) is 0 Å². The van der Waals surface area contributed by atoms with E-state index in [4.69, 9.17) is 0 Å². The molecule has 0 saturated heterocycles. The molecule has 0 saturated carbocycles. The summed E-state index contributed by atoms with van der Waals surface area (Å²) in [5, 5.41) is 0. The monoisotopic (exact) mass is 230 g/mol. The molecule has 0 amide bonds. The fourth-order valence-electron chi connectivity index (χ4n) is 0.896. The summed E-state index contributed by atoms with van der Waals surface area (Å²) in [5.74, 6) is 6.08. The maximum absolute atomic E-state index is 3.87. The van der Waals surface area contributed by atoms with Crippen molar-refractivity contribution in [2.24, 2.45) is 0 Å². The molecular formula is C15H18S. The van der Waals surface area contributed by atoms with Crippen LogP contribution in [0.5, 0.6) is 0 Å². The predicted octanol–water partition coefficient (Wildman–Crippen LogP) is 4.85. The molecule has 0 aromatic rings. The molecule has 0 aromatic carbocycles. The zero-order chi connectivity index (χ0) is 12.4. The molecule has 0 aliphatic rings. The van der Waals surface area contributed by atoms with Crippen molar-refractivity contribution in [1.29, 1.82) is 0 Å². The van der Waals surface area contributed by atoms with Crippen LogP contribution in [0.15, 0.2) is 58.9 Å². The molecule has 0 aliphatic carbocycles. The lowest BCUT2D eigenvalue weighted by Gasteiger charge is -1.94. The maximum atomic E-state index is 3.87. The molecule has 0 radical (unpaired) electrons. The summed E-state index contributed by atoms with van der Waals surface area (Å²) in [7, 11) is 0. The highest BCUT2D eigenvalue weighted by Crippen LogP contribution is 2.20. The normalized spacial score (nSPS) is 11.6. The molecular weight excluding hydrogens is 212 g/mol. The van der Waals surface area contributed by atoms with E-state index in [9.17, 15) is 0 Å². The lowest BCUT2D eigenvalue weighted by Crippen LogP contribution is -1.73. The molecule has 0 unspecified atom stereocenters. The molecule has 0 rings (SSSR count). The van der Waals surface area contributed by atoms with E-state index in [0.717, 1.165) is 15.4 Å². The largest absolute Gasteiger partial charge is 0.0894 e. The Bertz CT molecular complexity index is 395. The van der Waals surface area contributed by atoms with Gasteiger partial charge >= 0.3 is 0 Å². The van der Waals surface area contributed by atoms with Crippen molar-refractivity contribution in [2.75, 3.05) is 0 Å². The summed E-state index contributed by atoms with van der Waals surface area (Å²) in [6, 6.07) is 0. The molecule has 0 spiro atoms. The number of allylic oxidation sites excluding steroid dienone is 8. The minimum atomic E-state index is 0.823. The number of rotatable bonds is 4. The first-order valence-corrected chi connectivity index (χ1v) is 5.91. The molecule has 0 atom stereocenters. The van der Waals surface area contributed by atoms with Crippen molar-refractivity contribution in [1.82, 2.24) is 0 Å². The predicted molar refractivity (Wildman–Crippen MR) is 77.0 cm³/mol. The topological polar surface area (TPSA) is 0 Å². The van der Waals surface area contributed by atoms with E-state index in [-0.39, 0.29) is 0 Å². The smallest absolute Gasteiger partial charge is 0.0549 e. The average molecular weight is 230 g/mol. The van der Waals surface area contributed by atoms with Crippen LogP contribution in [-0.2, 0) is 0 Å². The molecule has 0 N–H and O–H groups in total. The van der Waals surface area contributed by atoms with Gasteiger partial charge in [-0.15, -0.1) is 0 Å². The van der Waals surface area contributed by atoms with Crippen LogP contribution >= 0.6 is 11.8 Å². The van der Waals surface area contributed by atoms with E-state index >= 15 is 0 Å². The Labute approximate surface area is 104 Å². The standard InChI is InChI=1S/C15H18S/c1-6-8-10-15(9-7-2)12-11-14(5)16-13(3)4/h6-10H,3,5H2,1-2,4H3/b8-6-,9-7-,15-10+. The van der Waals surface area contributed by atoms with Crippen molar-refractivity contribution in [3.8, 4) is 11.8 Å². The summed E-state index contributed by atoms with van der Waals surface area (Å²) in [6.07, 6.45) is 9.87. The van der Waals surface area contributed by atoms with Crippen molar-refractivity contribution < 1.29 is 0 Å². The average Bonchev–Trinajstić information content (AvgIpc) is 2.21. The lowest BCUT2D eigenvalue weighted by atomic mass is 10.2. The summed E-state index contributed by atoms with van der Waals surface area (Å²) in [6.45, 7) is 13.6. The Hall–Kier alpha value is -1.39. The van der Waals surface area contributed by atoms with Gasteiger partial charge in [0, 0.05) is 5.57 Å². The Morgan fingerprint density at radius 3 is 2.31 bits per heavy atom. The van der Waals surface area contributed by atoms with E-state index in [1.807, 2.05) is 51.2 Å². The van der Waals surface area contributed by atoms with E-state index < -0.39 is 0 Å². The van der Waals surface area contributed by atoms with Crippen LogP contribution < -0.4 is 0 Å². The number of hydrogen-bond acceptors (Lipinski definition) is 1. The Morgan fingerprint density at radius 2 is 1.81 bits per heavy atom. The third kappa shape index (κ3) is 7.96. The SMILES string of the molecule is C=C(C)SC(=C)C#CC(/C=C\C)=C/C=C\C. The van der Waals surface area contributed by atoms with Gasteiger partial charge < -0.3 is 0 Å². The van der Waals surface area contributed by atoms with Gasteiger partial charge in [0.2, 0.25) is 0 Å². The van der Waals surface area contributed by atoms with Gasteiger partial charge in [-0.1, -0.05) is 61.1 Å². The first-order chi connectivity index (χ1) is 7.60. The summed E-state index contributed by atoms with van der Waals surface area (Å²) >= 11 is 1.51. The second-order valence-electron chi connectivity index (χ2n) is 3.13. The zero-order valence-electron chi connectivity index (χ0n) is 10.2. The van der Waals surface area contributed by atoms with E-state index in [1.54, 1.807) is 0 Å². The minimum absolute atomic E-state index is 0.823. The maximum Gasteiger partial charge on any atom is 0.0549 e. The van der Waals surface area contributed by atoms with E-state index in [0.29, 0.717) is 0 Å². The first kappa shape index (κ1) is 14.6. The molecule has 0 aromatic heterocycles. The molecule has 16 heavy (non-hydrogen) atoms. The molecule has 0 bridgehead atoms. The number of thioether (sulfide) groups is 1. The van der Waals surface area contributed by atoms with Crippen molar-refractivity contribution >= 4 is 11.8 Å². The highest BCUT2D eigenvalue weighted by molar-refractivity contribution is 8.06.